The second kappa shape index (κ2) is 3.49. The molecule has 1 rings (SSSR count). The van der Waals surface area contributed by atoms with Crippen LogP contribution in [0.25, 0.3) is 0 Å². The molecule has 66 valence electrons. The van der Waals surface area contributed by atoms with Crippen molar-refractivity contribution >= 4 is 0 Å². The van der Waals surface area contributed by atoms with Gasteiger partial charge in [-0.2, -0.15) is 0 Å². The molecule has 4 nitrogen and oxygen atoms in total. The van der Waals surface area contributed by atoms with Gasteiger partial charge in [0.05, 0.1) is 24.9 Å². The number of rotatable bonds is 1. The Kier molecular flexibility index (Phi) is 2.84. The molecule has 1 saturated heterocycles. The van der Waals surface area contributed by atoms with Crippen molar-refractivity contribution in [1.82, 2.24) is 0 Å². The van der Waals surface area contributed by atoms with Crippen LogP contribution in [-0.4, -0.2) is 46.3 Å². The van der Waals surface area contributed by atoms with Crippen LogP contribution in [0, 0.1) is 0 Å². The Morgan fingerprint density at radius 3 is 2.55 bits per heavy atom. The van der Waals surface area contributed by atoms with Crippen LogP contribution in [0.1, 0.15) is 13.3 Å². The average molecular weight is 162 g/mol. The summed E-state index contributed by atoms with van der Waals surface area (Å²) in [6.07, 6.45) is -2.00. The largest absolute Gasteiger partial charge is 0.394 e. The molecular formula is C7H14O4. The molecule has 0 saturated carbocycles. The first-order valence-electron chi connectivity index (χ1n) is 3.77. The van der Waals surface area contributed by atoms with E-state index in [0.717, 1.165) is 0 Å². The lowest BCUT2D eigenvalue weighted by atomic mass is 9.99. The summed E-state index contributed by atoms with van der Waals surface area (Å²) in [4.78, 5) is 0. The zero-order chi connectivity index (χ0) is 8.43. The first-order valence-corrected chi connectivity index (χ1v) is 3.77. The molecule has 11 heavy (non-hydrogen) atoms. The first-order chi connectivity index (χ1) is 5.15. The van der Waals surface area contributed by atoms with E-state index in [1.54, 1.807) is 6.92 Å². The standard InChI is InChI=1S/C7H14O4/c1-4-7(10)6(9)2-5(3-8)11-4/h4-10H,2-3H2,1H3/t4-,5?,6?,7?/m1/s1. The van der Waals surface area contributed by atoms with Crippen LogP contribution in [-0.2, 0) is 4.74 Å². The van der Waals surface area contributed by atoms with Gasteiger partial charge in [0.2, 0.25) is 0 Å². The van der Waals surface area contributed by atoms with Crippen LogP contribution in [0.4, 0.5) is 0 Å². The third kappa shape index (κ3) is 1.90. The van der Waals surface area contributed by atoms with E-state index in [9.17, 15) is 10.2 Å². The van der Waals surface area contributed by atoms with E-state index >= 15 is 0 Å². The summed E-state index contributed by atoms with van der Waals surface area (Å²) in [5.41, 5.74) is 0. The highest BCUT2D eigenvalue weighted by Gasteiger charge is 2.33. The summed E-state index contributed by atoms with van der Waals surface area (Å²) in [5.74, 6) is 0. The van der Waals surface area contributed by atoms with Gasteiger partial charge in [-0.1, -0.05) is 0 Å². The monoisotopic (exact) mass is 162 g/mol. The van der Waals surface area contributed by atoms with Gasteiger partial charge in [0, 0.05) is 6.42 Å². The lowest BCUT2D eigenvalue weighted by Gasteiger charge is -2.34. The van der Waals surface area contributed by atoms with Crippen LogP contribution in [0.3, 0.4) is 0 Å². The molecule has 0 spiro atoms. The maximum atomic E-state index is 9.21. The predicted octanol–water partition coefficient (Wildman–Crippen LogP) is -1.12. The lowest BCUT2D eigenvalue weighted by Crippen LogP contribution is -2.47. The highest BCUT2D eigenvalue weighted by molar-refractivity contribution is 4.82. The Morgan fingerprint density at radius 1 is 1.45 bits per heavy atom. The van der Waals surface area contributed by atoms with Gasteiger partial charge in [0.25, 0.3) is 0 Å². The number of hydrogen-bond acceptors (Lipinski definition) is 4. The van der Waals surface area contributed by atoms with Crippen molar-refractivity contribution in [3.05, 3.63) is 0 Å². The van der Waals surface area contributed by atoms with E-state index in [-0.39, 0.29) is 12.7 Å². The second-order valence-electron chi connectivity index (χ2n) is 2.94. The van der Waals surface area contributed by atoms with Gasteiger partial charge in [0.1, 0.15) is 6.10 Å². The van der Waals surface area contributed by atoms with E-state index in [1.807, 2.05) is 0 Å². The number of aliphatic hydroxyl groups excluding tert-OH is 3. The smallest absolute Gasteiger partial charge is 0.106 e. The first kappa shape index (κ1) is 8.93. The second-order valence-corrected chi connectivity index (χ2v) is 2.94. The van der Waals surface area contributed by atoms with Crippen LogP contribution in [0.15, 0.2) is 0 Å². The molecule has 1 aliphatic heterocycles. The SMILES string of the molecule is C[C@H]1OC(CO)CC(O)C1O. The quantitative estimate of drug-likeness (QED) is 0.456. The van der Waals surface area contributed by atoms with Crippen molar-refractivity contribution < 1.29 is 20.1 Å². The normalized spacial score (nSPS) is 45.8. The Balaban J connectivity index is 2.47. The molecule has 3 N–H and O–H groups in total. The van der Waals surface area contributed by atoms with Gasteiger partial charge in [-0.3, -0.25) is 0 Å². The molecule has 4 heteroatoms. The fraction of sp³-hybridized carbons (Fsp3) is 1.00. The minimum absolute atomic E-state index is 0.103. The zero-order valence-electron chi connectivity index (χ0n) is 6.47. The van der Waals surface area contributed by atoms with Crippen LogP contribution >= 0.6 is 0 Å². The fourth-order valence-corrected chi connectivity index (χ4v) is 1.28. The summed E-state index contributed by atoms with van der Waals surface area (Å²) < 4.78 is 5.16. The highest BCUT2D eigenvalue weighted by Crippen LogP contribution is 2.19. The Hall–Kier alpha value is -0.160. The van der Waals surface area contributed by atoms with Crippen molar-refractivity contribution in [2.45, 2.75) is 37.8 Å². The molecule has 0 radical (unpaired) electrons. The maximum absolute atomic E-state index is 9.21. The molecule has 0 aliphatic carbocycles. The summed E-state index contributed by atoms with van der Waals surface area (Å²) >= 11 is 0. The Bertz CT molecular complexity index is 116. The molecule has 0 aromatic heterocycles. The van der Waals surface area contributed by atoms with E-state index in [4.69, 9.17) is 9.84 Å². The van der Waals surface area contributed by atoms with Gasteiger partial charge in [-0.05, 0) is 6.92 Å². The van der Waals surface area contributed by atoms with Crippen LogP contribution < -0.4 is 0 Å². The van der Waals surface area contributed by atoms with Crippen molar-refractivity contribution in [3.8, 4) is 0 Å². The topological polar surface area (TPSA) is 69.9 Å². The number of hydrogen-bond donors (Lipinski definition) is 3. The van der Waals surface area contributed by atoms with Gasteiger partial charge in [-0.15, -0.1) is 0 Å². The molecular weight excluding hydrogens is 148 g/mol. The van der Waals surface area contributed by atoms with Gasteiger partial charge in [-0.25, -0.2) is 0 Å². The third-order valence-corrected chi connectivity index (χ3v) is 1.99. The van der Waals surface area contributed by atoms with E-state index in [1.165, 1.54) is 0 Å². The predicted molar refractivity (Wildman–Crippen MR) is 38.1 cm³/mol. The minimum Gasteiger partial charge on any atom is -0.394 e. The Labute approximate surface area is 65.4 Å². The molecule has 1 fully saturated rings. The number of ether oxygens (including phenoxy) is 1. The van der Waals surface area contributed by atoms with Crippen LogP contribution in [0.2, 0.25) is 0 Å². The average Bonchev–Trinajstić information content (AvgIpc) is 1.99. The maximum Gasteiger partial charge on any atom is 0.106 e. The molecule has 0 amide bonds. The highest BCUT2D eigenvalue weighted by atomic mass is 16.5. The number of aliphatic hydroxyl groups is 3. The van der Waals surface area contributed by atoms with Crippen molar-refractivity contribution in [2.75, 3.05) is 6.61 Å². The zero-order valence-corrected chi connectivity index (χ0v) is 6.47. The van der Waals surface area contributed by atoms with Crippen LogP contribution in [0.5, 0.6) is 0 Å². The molecule has 0 bridgehead atoms. The van der Waals surface area contributed by atoms with E-state index in [0.29, 0.717) is 6.42 Å². The molecule has 3 unspecified atom stereocenters. The van der Waals surface area contributed by atoms with Crippen molar-refractivity contribution in [1.29, 1.82) is 0 Å². The summed E-state index contributed by atoms with van der Waals surface area (Å²) in [7, 11) is 0. The third-order valence-electron chi connectivity index (χ3n) is 1.99. The molecule has 4 atom stereocenters. The summed E-state index contributed by atoms with van der Waals surface area (Å²) in [6, 6.07) is 0. The van der Waals surface area contributed by atoms with Gasteiger partial charge >= 0.3 is 0 Å². The lowest BCUT2D eigenvalue weighted by molar-refractivity contribution is -0.170. The van der Waals surface area contributed by atoms with E-state index in [2.05, 4.69) is 0 Å². The van der Waals surface area contributed by atoms with Crippen molar-refractivity contribution in [2.24, 2.45) is 0 Å². The molecule has 0 aromatic carbocycles. The Morgan fingerprint density at radius 2 is 2.09 bits per heavy atom. The molecule has 0 aromatic rings. The summed E-state index contributed by atoms with van der Waals surface area (Å²) in [5, 5.41) is 27.1. The van der Waals surface area contributed by atoms with Crippen molar-refractivity contribution in [3.63, 3.8) is 0 Å². The minimum atomic E-state index is -0.821. The molecule has 1 aliphatic rings. The van der Waals surface area contributed by atoms with E-state index < -0.39 is 18.3 Å². The molecule has 1 heterocycles. The fourth-order valence-electron chi connectivity index (χ4n) is 1.28. The van der Waals surface area contributed by atoms with Gasteiger partial charge < -0.3 is 20.1 Å². The summed E-state index contributed by atoms with van der Waals surface area (Å²) in [6.45, 7) is 1.57. The van der Waals surface area contributed by atoms with Gasteiger partial charge in [0.15, 0.2) is 0 Å².